The second-order valence-electron chi connectivity index (χ2n) is 2.16. The number of nitrogens with zero attached hydrogens (tertiary/aromatic N) is 3. The van der Waals surface area contributed by atoms with Gasteiger partial charge in [-0.15, -0.1) is 10.2 Å². The molecule has 1 aromatic heterocycles. The summed E-state index contributed by atoms with van der Waals surface area (Å²) in [5.41, 5.74) is 0. The van der Waals surface area contributed by atoms with E-state index >= 15 is 0 Å². The topological polar surface area (TPSA) is 30.7 Å². The van der Waals surface area contributed by atoms with Gasteiger partial charge in [-0.1, -0.05) is 13.8 Å². The smallest absolute Gasteiger partial charge is 0.144 e. The van der Waals surface area contributed by atoms with E-state index in [1.165, 1.54) is 0 Å². The van der Waals surface area contributed by atoms with Gasteiger partial charge in [-0.05, 0) is 0 Å². The van der Waals surface area contributed by atoms with Crippen molar-refractivity contribution in [3.8, 4) is 0 Å². The lowest BCUT2D eigenvalue weighted by atomic mass is 10.2. The molecule has 1 heterocycles. The van der Waals surface area contributed by atoms with Gasteiger partial charge in [-0.25, -0.2) is 0 Å². The molecule has 0 unspecified atom stereocenters. The van der Waals surface area contributed by atoms with Crippen LogP contribution in [0.15, 0.2) is 6.33 Å². The fraction of sp³-hybridized carbons (Fsp3) is 0.600. The number of aromatic nitrogens is 3. The van der Waals surface area contributed by atoms with Crippen molar-refractivity contribution >= 4 is 22.9 Å². The molecule has 0 saturated heterocycles. The number of rotatable bonds is 1. The predicted octanol–water partition coefficient (Wildman–Crippen LogP) is 1.60. The van der Waals surface area contributed by atoms with Gasteiger partial charge in [0, 0.05) is 5.92 Å². The largest absolute Gasteiger partial charge is 0.256 e. The van der Waals surface area contributed by atoms with Crippen LogP contribution in [0, 0.1) is 0 Å². The molecule has 0 aliphatic carbocycles. The Kier molecular flexibility index (Phi) is 2.05. The maximum atomic E-state index is 3.92. The van der Waals surface area contributed by atoms with Crippen LogP contribution in [0.25, 0.3) is 0 Å². The Morgan fingerprint density at radius 2 is 2.33 bits per heavy atom. The van der Waals surface area contributed by atoms with Crippen LogP contribution in [-0.2, 0) is 0 Å². The summed E-state index contributed by atoms with van der Waals surface area (Å²) in [5.74, 6) is 1.49. The Hall–Kier alpha value is -0.130. The third-order valence-electron chi connectivity index (χ3n) is 1.05. The molecule has 0 aliphatic heterocycles. The molecule has 0 aliphatic rings. The molecule has 0 fully saturated rings. The Balaban J connectivity index is 2.94. The van der Waals surface area contributed by atoms with E-state index in [-0.39, 0.29) is 0 Å². The summed E-state index contributed by atoms with van der Waals surface area (Å²) in [7, 11) is 0. The summed E-state index contributed by atoms with van der Waals surface area (Å²) in [4.78, 5) is 0. The molecule has 0 aromatic carbocycles. The van der Waals surface area contributed by atoms with E-state index in [4.69, 9.17) is 0 Å². The molecule has 0 saturated carbocycles. The third-order valence-corrected chi connectivity index (χ3v) is 1.79. The van der Waals surface area contributed by atoms with E-state index in [2.05, 4.69) is 46.9 Å². The van der Waals surface area contributed by atoms with Crippen LogP contribution >= 0.6 is 22.9 Å². The zero-order valence-corrected chi connectivity index (χ0v) is 7.53. The highest BCUT2D eigenvalue weighted by atomic mass is 127. The lowest BCUT2D eigenvalue weighted by Crippen LogP contribution is -1.93. The summed E-state index contributed by atoms with van der Waals surface area (Å²) in [6.45, 7) is 4.19. The molecule has 0 atom stereocenters. The second kappa shape index (κ2) is 2.64. The predicted molar refractivity (Wildman–Crippen MR) is 43.5 cm³/mol. The van der Waals surface area contributed by atoms with Crippen LogP contribution in [-0.4, -0.2) is 13.0 Å². The number of hydrogen-bond acceptors (Lipinski definition) is 2. The zero-order valence-electron chi connectivity index (χ0n) is 5.37. The second-order valence-corrected chi connectivity index (χ2v) is 3.19. The fourth-order valence-electron chi connectivity index (χ4n) is 0.594. The molecule has 0 bridgehead atoms. The van der Waals surface area contributed by atoms with Crippen LogP contribution in [0.4, 0.5) is 0 Å². The highest BCUT2D eigenvalue weighted by Crippen LogP contribution is 2.11. The molecule has 0 radical (unpaired) electrons. The van der Waals surface area contributed by atoms with Gasteiger partial charge < -0.3 is 0 Å². The quantitative estimate of drug-likeness (QED) is 0.694. The van der Waals surface area contributed by atoms with E-state index in [0.29, 0.717) is 5.92 Å². The van der Waals surface area contributed by atoms with Crippen LogP contribution in [0.5, 0.6) is 0 Å². The minimum atomic E-state index is 0.462. The van der Waals surface area contributed by atoms with Crippen molar-refractivity contribution in [2.75, 3.05) is 0 Å². The molecule has 0 amide bonds. The number of halogens is 1. The van der Waals surface area contributed by atoms with Crippen molar-refractivity contribution in [3.05, 3.63) is 12.2 Å². The minimum Gasteiger partial charge on any atom is -0.256 e. The number of hydrogen-bond donors (Lipinski definition) is 0. The average molecular weight is 237 g/mol. The lowest BCUT2D eigenvalue weighted by molar-refractivity contribution is 0.776. The lowest BCUT2D eigenvalue weighted by Gasteiger charge is -1.98. The van der Waals surface area contributed by atoms with Crippen LogP contribution in [0.2, 0.25) is 0 Å². The van der Waals surface area contributed by atoms with Crippen molar-refractivity contribution < 1.29 is 0 Å². The van der Waals surface area contributed by atoms with Gasteiger partial charge in [-0.3, -0.25) is 2.78 Å². The standard InChI is InChI=1S/C5H8IN3/c1-4(2)5-8-7-3-9(5)6/h3-4H,1-2H3. The van der Waals surface area contributed by atoms with Gasteiger partial charge in [0.05, 0.1) is 22.9 Å². The van der Waals surface area contributed by atoms with Crippen molar-refractivity contribution in [1.82, 2.24) is 13.0 Å². The Bertz CT molecular complexity index is 194. The van der Waals surface area contributed by atoms with Crippen molar-refractivity contribution in [1.29, 1.82) is 0 Å². The molecule has 1 aromatic rings. The molecule has 4 heteroatoms. The van der Waals surface area contributed by atoms with Crippen LogP contribution < -0.4 is 0 Å². The monoisotopic (exact) mass is 237 g/mol. The highest BCUT2D eigenvalue weighted by Gasteiger charge is 2.04. The SMILES string of the molecule is CC(C)c1nncn1I. The van der Waals surface area contributed by atoms with Gasteiger partial charge in [0.25, 0.3) is 0 Å². The highest BCUT2D eigenvalue weighted by molar-refractivity contribution is 14.1. The summed E-state index contributed by atoms with van der Waals surface area (Å²) < 4.78 is 1.91. The molecule has 1 rings (SSSR count). The fourth-order valence-corrected chi connectivity index (χ4v) is 1.36. The maximum absolute atomic E-state index is 3.92. The van der Waals surface area contributed by atoms with Crippen molar-refractivity contribution in [2.45, 2.75) is 19.8 Å². The molecule has 0 spiro atoms. The van der Waals surface area contributed by atoms with Gasteiger partial charge in [-0.2, -0.15) is 0 Å². The van der Waals surface area contributed by atoms with Crippen molar-refractivity contribution in [3.63, 3.8) is 0 Å². The van der Waals surface area contributed by atoms with E-state index in [1.807, 2.05) is 2.78 Å². The van der Waals surface area contributed by atoms with Crippen molar-refractivity contribution in [2.24, 2.45) is 0 Å². The zero-order chi connectivity index (χ0) is 6.85. The molecule has 0 N–H and O–H groups in total. The van der Waals surface area contributed by atoms with Gasteiger partial charge in [0.2, 0.25) is 0 Å². The Labute approximate surface area is 68.0 Å². The van der Waals surface area contributed by atoms with Gasteiger partial charge in [0.1, 0.15) is 12.2 Å². The molecule has 3 nitrogen and oxygen atoms in total. The Morgan fingerprint density at radius 1 is 1.67 bits per heavy atom. The van der Waals surface area contributed by atoms with E-state index < -0.39 is 0 Å². The van der Waals surface area contributed by atoms with E-state index in [1.54, 1.807) is 6.33 Å². The summed E-state index contributed by atoms with van der Waals surface area (Å²) in [6.07, 6.45) is 1.70. The van der Waals surface area contributed by atoms with Crippen LogP contribution in [0.1, 0.15) is 25.6 Å². The molecular formula is C5H8IN3. The first-order valence-electron chi connectivity index (χ1n) is 2.78. The van der Waals surface area contributed by atoms with E-state index in [9.17, 15) is 0 Å². The Morgan fingerprint density at radius 3 is 2.56 bits per heavy atom. The third kappa shape index (κ3) is 1.41. The van der Waals surface area contributed by atoms with E-state index in [0.717, 1.165) is 5.82 Å². The first kappa shape index (κ1) is 6.98. The summed E-state index contributed by atoms with van der Waals surface area (Å²) in [6, 6.07) is 0. The maximum Gasteiger partial charge on any atom is 0.144 e. The summed E-state index contributed by atoms with van der Waals surface area (Å²) >= 11 is 2.16. The van der Waals surface area contributed by atoms with Gasteiger partial charge in [0.15, 0.2) is 0 Å². The normalized spacial score (nSPS) is 10.7. The molecule has 50 valence electrons. The minimum absolute atomic E-state index is 0.462. The molecular weight excluding hydrogens is 229 g/mol. The molecule has 9 heavy (non-hydrogen) atoms. The average Bonchev–Trinajstić information content (AvgIpc) is 2.13. The van der Waals surface area contributed by atoms with Crippen LogP contribution in [0.3, 0.4) is 0 Å². The first-order valence-corrected chi connectivity index (χ1v) is 3.74. The van der Waals surface area contributed by atoms with Gasteiger partial charge >= 0.3 is 0 Å². The summed E-state index contributed by atoms with van der Waals surface area (Å²) in [5, 5.41) is 7.67. The first-order chi connectivity index (χ1) is 4.22.